The Morgan fingerprint density at radius 1 is 1.00 bits per heavy atom. The molecule has 10 heteroatoms. The molecule has 3 unspecified atom stereocenters. The first kappa shape index (κ1) is 25.5. The fourth-order valence-corrected chi connectivity index (χ4v) is 4.82. The van der Waals surface area contributed by atoms with Gasteiger partial charge in [0.2, 0.25) is 11.8 Å². The number of imide groups is 1. The lowest BCUT2D eigenvalue weighted by atomic mass is 9.89. The molecule has 2 aliphatic carbocycles. The molecule has 4 amide bonds. The molecule has 9 nitrogen and oxygen atoms in total. The first-order chi connectivity index (χ1) is 15.0. The van der Waals surface area contributed by atoms with Gasteiger partial charge in [0.15, 0.2) is 12.1 Å². The predicted molar refractivity (Wildman–Crippen MR) is 117 cm³/mol. The maximum Gasteiger partial charge on any atom is 0.329 e. The lowest BCUT2D eigenvalue weighted by Crippen LogP contribution is -2.69. The summed E-state index contributed by atoms with van der Waals surface area (Å²) in [6, 6.07) is -0.942. The summed E-state index contributed by atoms with van der Waals surface area (Å²) < 4.78 is 4.43. The second kappa shape index (κ2) is 12.3. The normalized spacial score (nSPS) is 25.5. The number of aliphatic hydroxyl groups is 1. The number of rotatable bonds is 5. The van der Waals surface area contributed by atoms with E-state index >= 15 is 0 Å². The highest BCUT2D eigenvalue weighted by molar-refractivity contribution is 7.10. The Morgan fingerprint density at radius 2 is 1.52 bits per heavy atom. The zero-order valence-corrected chi connectivity index (χ0v) is 19.7. The van der Waals surface area contributed by atoms with Crippen molar-refractivity contribution < 1.29 is 28.8 Å². The third kappa shape index (κ3) is 5.95. The molecule has 0 bridgehead atoms. The van der Waals surface area contributed by atoms with E-state index in [0.717, 1.165) is 51.4 Å². The van der Waals surface area contributed by atoms with Crippen molar-refractivity contribution in [3.05, 3.63) is 0 Å². The average Bonchev–Trinajstić information content (AvgIpc) is 2.80. The van der Waals surface area contributed by atoms with Crippen LogP contribution in [-0.4, -0.2) is 63.6 Å². The Kier molecular flexibility index (Phi) is 10.2. The van der Waals surface area contributed by atoms with E-state index in [-0.39, 0.29) is 12.1 Å². The SMILES string of the molecule is CC.O=C(CNC(=O)C1C(=O)N(C2CCCCC2)C(=O)N(C2CCCCC2)C1O)OP. The maximum atomic E-state index is 13.3. The first-order valence-electron chi connectivity index (χ1n) is 11.5. The van der Waals surface area contributed by atoms with Crippen LogP contribution >= 0.6 is 9.47 Å². The second-order valence-electron chi connectivity index (χ2n) is 8.08. The van der Waals surface area contributed by atoms with E-state index < -0.39 is 42.5 Å². The number of nitrogens with one attached hydrogen (secondary N) is 1. The number of amides is 4. The molecule has 0 radical (unpaired) electrons. The molecule has 0 aromatic carbocycles. The smallest absolute Gasteiger partial charge is 0.329 e. The maximum absolute atomic E-state index is 13.3. The van der Waals surface area contributed by atoms with Crippen molar-refractivity contribution in [2.75, 3.05) is 6.54 Å². The molecule has 0 spiro atoms. The quantitative estimate of drug-likeness (QED) is 0.484. The molecule has 0 aromatic rings. The van der Waals surface area contributed by atoms with Crippen LogP contribution in [0.15, 0.2) is 0 Å². The Morgan fingerprint density at radius 3 is 2.03 bits per heavy atom. The Bertz CT molecular complexity index is 649. The summed E-state index contributed by atoms with van der Waals surface area (Å²) in [5, 5.41) is 13.3. The van der Waals surface area contributed by atoms with Gasteiger partial charge in [0, 0.05) is 12.1 Å². The lowest BCUT2D eigenvalue weighted by molar-refractivity contribution is -0.162. The van der Waals surface area contributed by atoms with Crippen LogP contribution in [0.1, 0.15) is 78.1 Å². The van der Waals surface area contributed by atoms with Gasteiger partial charge in [-0.15, -0.1) is 0 Å². The van der Waals surface area contributed by atoms with Crippen molar-refractivity contribution in [1.82, 2.24) is 15.1 Å². The van der Waals surface area contributed by atoms with Crippen LogP contribution in [0.4, 0.5) is 4.79 Å². The van der Waals surface area contributed by atoms with Crippen molar-refractivity contribution in [3.63, 3.8) is 0 Å². The summed E-state index contributed by atoms with van der Waals surface area (Å²) in [4.78, 5) is 53.1. The molecule has 3 atom stereocenters. The van der Waals surface area contributed by atoms with Gasteiger partial charge >= 0.3 is 12.0 Å². The van der Waals surface area contributed by atoms with Crippen molar-refractivity contribution in [2.45, 2.75) is 96.4 Å². The highest BCUT2D eigenvalue weighted by atomic mass is 31.0. The highest BCUT2D eigenvalue weighted by Crippen LogP contribution is 2.34. The van der Waals surface area contributed by atoms with Gasteiger partial charge in [-0.3, -0.25) is 19.4 Å². The van der Waals surface area contributed by atoms with E-state index in [1.807, 2.05) is 13.8 Å². The number of nitrogens with zero attached hydrogens (tertiary/aromatic N) is 2. The topological polar surface area (TPSA) is 116 Å². The van der Waals surface area contributed by atoms with E-state index in [4.69, 9.17) is 0 Å². The minimum absolute atomic E-state index is 0.197. The molecular formula is C21H36N3O6P. The van der Waals surface area contributed by atoms with Gasteiger partial charge in [-0.05, 0) is 25.7 Å². The number of hydrogen-bond acceptors (Lipinski definition) is 6. The van der Waals surface area contributed by atoms with Crippen molar-refractivity contribution in [2.24, 2.45) is 5.92 Å². The molecule has 1 saturated heterocycles. The molecule has 1 aliphatic heterocycles. The Balaban J connectivity index is 0.00000166. The molecule has 3 aliphatic rings. The summed E-state index contributed by atoms with van der Waals surface area (Å²) in [6.45, 7) is 3.58. The number of urea groups is 1. The van der Waals surface area contributed by atoms with Crippen LogP contribution in [0.25, 0.3) is 0 Å². The number of hydrogen-bond donors (Lipinski definition) is 2. The summed E-state index contributed by atoms with van der Waals surface area (Å²) >= 11 is 0. The van der Waals surface area contributed by atoms with E-state index in [1.165, 1.54) is 9.80 Å². The third-order valence-corrected chi connectivity index (χ3v) is 6.51. The molecule has 3 rings (SSSR count). The minimum atomic E-state index is -1.54. The van der Waals surface area contributed by atoms with E-state index in [1.54, 1.807) is 9.47 Å². The first-order valence-corrected chi connectivity index (χ1v) is 11.9. The molecule has 2 N–H and O–H groups in total. The van der Waals surface area contributed by atoms with Gasteiger partial charge in [0.25, 0.3) is 0 Å². The van der Waals surface area contributed by atoms with Gasteiger partial charge in [0.05, 0.1) is 9.47 Å². The summed E-state index contributed by atoms with van der Waals surface area (Å²) in [7, 11) is 1.79. The van der Waals surface area contributed by atoms with Crippen molar-refractivity contribution >= 4 is 33.3 Å². The summed E-state index contributed by atoms with van der Waals surface area (Å²) in [5.74, 6) is -3.59. The van der Waals surface area contributed by atoms with Gasteiger partial charge in [-0.25, -0.2) is 9.59 Å². The number of carbonyl (C=O) groups is 4. The fraction of sp³-hybridized carbons (Fsp3) is 0.810. The fourth-order valence-electron chi connectivity index (χ4n) is 4.73. The second-order valence-corrected chi connectivity index (χ2v) is 8.32. The van der Waals surface area contributed by atoms with Crippen LogP contribution in [-0.2, 0) is 18.9 Å². The summed E-state index contributed by atoms with van der Waals surface area (Å²) in [5.41, 5.74) is 0. The minimum Gasteiger partial charge on any atom is -0.450 e. The van der Waals surface area contributed by atoms with Crippen molar-refractivity contribution in [3.8, 4) is 0 Å². The predicted octanol–water partition coefficient (Wildman–Crippen LogP) is 2.33. The molecule has 0 aromatic heterocycles. The lowest BCUT2D eigenvalue weighted by Gasteiger charge is -2.48. The Labute approximate surface area is 186 Å². The zero-order valence-electron chi connectivity index (χ0n) is 18.5. The van der Waals surface area contributed by atoms with Gasteiger partial charge in [0.1, 0.15) is 6.54 Å². The van der Waals surface area contributed by atoms with E-state index in [9.17, 15) is 24.3 Å². The standard InChI is InChI=1S/C19H30N3O6P.C2H6/c23-14(28-29)11-20-16(24)15-17(25)21(12-7-3-1-4-8-12)19(27)22(18(15)26)13-9-5-2-6-10-13;1-2/h12-13,15,17,25H,1-11,29H2,(H,20,24);1-2H3. The van der Waals surface area contributed by atoms with E-state index in [0.29, 0.717) is 12.8 Å². The largest absolute Gasteiger partial charge is 0.450 e. The number of carbonyl (C=O) groups excluding carboxylic acids is 4. The van der Waals surface area contributed by atoms with Gasteiger partial charge in [-0.2, -0.15) is 0 Å². The number of aliphatic hydroxyl groups excluding tert-OH is 1. The molecule has 31 heavy (non-hydrogen) atoms. The van der Waals surface area contributed by atoms with Crippen LogP contribution in [0.5, 0.6) is 0 Å². The molecule has 2 saturated carbocycles. The van der Waals surface area contributed by atoms with Crippen LogP contribution < -0.4 is 5.32 Å². The average molecular weight is 458 g/mol. The molecular weight excluding hydrogens is 421 g/mol. The van der Waals surface area contributed by atoms with Crippen LogP contribution in [0.2, 0.25) is 0 Å². The molecule has 3 fully saturated rings. The van der Waals surface area contributed by atoms with Crippen molar-refractivity contribution in [1.29, 1.82) is 0 Å². The van der Waals surface area contributed by atoms with Gasteiger partial charge < -0.3 is 14.9 Å². The van der Waals surface area contributed by atoms with E-state index in [2.05, 4.69) is 9.84 Å². The highest BCUT2D eigenvalue weighted by Gasteiger charge is 2.53. The Hall–Kier alpha value is -1.73. The third-order valence-electron chi connectivity index (χ3n) is 6.24. The zero-order chi connectivity index (χ0) is 23.0. The van der Waals surface area contributed by atoms with Crippen LogP contribution in [0, 0.1) is 5.92 Å². The molecule has 1 heterocycles. The monoisotopic (exact) mass is 457 g/mol. The summed E-state index contributed by atoms with van der Waals surface area (Å²) in [6.07, 6.45) is 7.21. The van der Waals surface area contributed by atoms with Gasteiger partial charge in [-0.1, -0.05) is 52.4 Å². The molecule has 176 valence electrons. The van der Waals surface area contributed by atoms with Crippen LogP contribution in [0.3, 0.4) is 0 Å².